The number of hydrogen-bond donors (Lipinski definition) is 2. The fourth-order valence-electron chi connectivity index (χ4n) is 3.23. The van der Waals surface area contributed by atoms with E-state index < -0.39 is 0 Å². The highest BCUT2D eigenvalue weighted by Crippen LogP contribution is 2.65. The number of hydrogen-bond acceptors (Lipinski definition) is 3. The maximum absolute atomic E-state index is 12.8. The number of carbonyl (C=O) groups is 1. The number of benzene rings is 1. The van der Waals surface area contributed by atoms with Gasteiger partial charge in [-0.1, -0.05) is 44.2 Å². The van der Waals surface area contributed by atoms with E-state index in [1.54, 1.807) is 11.3 Å². The van der Waals surface area contributed by atoms with Crippen molar-refractivity contribution in [2.24, 2.45) is 5.41 Å². The van der Waals surface area contributed by atoms with Gasteiger partial charge in [0, 0.05) is 11.4 Å². The van der Waals surface area contributed by atoms with Crippen LogP contribution in [0.15, 0.2) is 41.8 Å². The Morgan fingerprint density at radius 1 is 1.27 bits per heavy atom. The summed E-state index contributed by atoms with van der Waals surface area (Å²) in [6, 6.07) is 11.7. The van der Waals surface area contributed by atoms with E-state index in [1.165, 1.54) is 0 Å². The molecule has 0 radical (unpaired) electrons. The molecular weight excluding hydrogens is 294 g/mol. The molecule has 1 amide bonds. The summed E-state index contributed by atoms with van der Waals surface area (Å²) in [5.41, 5.74) is 1.51. The summed E-state index contributed by atoms with van der Waals surface area (Å²) >= 11 is 1.66. The van der Waals surface area contributed by atoms with Crippen LogP contribution in [-0.2, 0) is 23.4 Å². The molecule has 22 heavy (non-hydrogen) atoms. The van der Waals surface area contributed by atoms with Crippen LogP contribution in [0.1, 0.15) is 36.3 Å². The summed E-state index contributed by atoms with van der Waals surface area (Å²) in [5.74, 6) is 0.106. The molecule has 1 heterocycles. The van der Waals surface area contributed by atoms with Crippen LogP contribution >= 0.6 is 11.3 Å². The molecule has 3 rings (SSSR count). The number of carbonyl (C=O) groups excluding carboxylic acids is 1. The van der Waals surface area contributed by atoms with Gasteiger partial charge in [0.15, 0.2) is 0 Å². The number of amides is 1. The van der Waals surface area contributed by atoms with Gasteiger partial charge in [-0.3, -0.25) is 4.79 Å². The van der Waals surface area contributed by atoms with Crippen molar-refractivity contribution in [1.82, 2.24) is 5.32 Å². The summed E-state index contributed by atoms with van der Waals surface area (Å²) in [4.78, 5) is 14.0. The first kappa shape index (κ1) is 15.3. The van der Waals surface area contributed by atoms with Crippen LogP contribution in [-0.4, -0.2) is 11.0 Å². The van der Waals surface area contributed by atoms with Crippen molar-refractivity contribution in [1.29, 1.82) is 0 Å². The van der Waals surface area contributed by atoms with Gasteiger partial charge in [-0.25, -0.2) is 0 Å². The molecule has 0 aliphatic heterocycles. The van der Waals surface area contributed by atoms with E-state index in [0.29, 0.717) is 6.54 Å². The summed E-state index contributed by atoms with van der Waals surface area (Å²) in [6.07, 6.45) is 0.892. The SMILES string of the molecule is CC1(C)CC1(C(=O)NCc1cccc(CO)c1)c1cccs1. The van der Waals surface area contributed by atoms with Gasteiger partial charge in [-0.05, 0) is 34.4 Å². The third kappa shape index (κ3) is 2.46. The standard InChI is InChI=1S/C18H21NO2S/c1-17(2)12-18(17,15-7-4-8-22-15)16(21)19-10-13-5-3-6-14(9-13)11-20/h3-9,20H,10-12H2,1-2H3,(H,19,21). The fraction of sp³-hybridized carbons (Fsp3) is 0.389. The predicted octanol–water partition coefficient (Wildman–Crippen LogP) is 3.22. The number of rotatable bonds is 5. The summed E-state index contributed by atoms with van der Waals surface area (Å²) < 4.78 is 0. The number of aliphatic hydroxyl groups is 1. The number of thiophene rings is 1. The third-order valence-electron chi connectivity index (χ3n) is 4.69. The maximum atomic E-state index is 12.8. The highest BCUT2D eigenvalue weighted by Gasteiger charge is 2.67. The molecule has 3 nitrogen and oxygen atoms in total. The van der Waals surface area contributed by atoms with E-state index in [2.05, 4.69) is 25.2 Å². The summed E-state index contributed by atoms with van der Waals surface area (Å²) in [5, 5.41) is 14.3. The zero-order chi connectivity index (χ0) is 15.8. The lowest BCUT2D eigenvalue weighted by atomic mass is 9.93. The molecule has 1 aromatic carbocycles. The summed E-state index contributed by atoms with van der Waals surface area (Å²) in [6.45, 7) is 4.82. The Kier molecular flexibility index (Phi) is 3.83. The number of nitrogens with one attached hydrogen (secondary N) is 1. The monoisotopic (exact) mass is 315 g/mol. The molecule has 0 spiro atoms. The normalized spacial score (nSPS) is 22.3. The molecule has 1 aliphatic carbocycles. The average molecular weight is 315 g/mol. The predicted molar refractivity (Wildman–Crippen MR) is 88.6 cm³/mol. The lowest BCUT2D eigenvalue weighted by Crippen LogP contribution is -2.36. The van der Waals surface area contributed by atoms with Gasteiger partial charge in [0.05, 0.1) is 12.0 Å². The molecule has 1 fully saturated rings. The molecule has 0 saturated heterocycles. The Morgan fingerprint density at radius 3 is 2.59 bits per heavy atom. The van der Waals surface area contributed by atoms with Gasteiger partial charge in [0.1, 0.15) is 0 Å². The topological polar surface area (TPSA) is 49.3 Å². The van der Waals surface area contributed by atoms with Crippen molar-refractivity contribution < 1.29 is 9.90 Å². The highest BCUT2D eigenvalue weighted by atomic mass is 32.1. The van der Waals surface area contributed by atoms with Crippen LogP contribution in [0.3, 0.4) is 0 Å². The zero-order valence-corrected chi connectivity index (χ0v) is 13.7. The maximum Gasteiger partial charge on any atom is 0.232 e. The Labute approximate surface area is 135 Å². The third-order valence-corrected chi connectivity index (χ3v) is 5.73. The molecule has 0 bridgehead atoms. The first-order chi connectivity index (χ1) is 10.5. The highest BCUT2D eigenvalue weighted by molar-refractivity contribution is 7.10. The molecular formula is C18H21NO2S. The molecule has 2 aromatic rings. The zero-order valence-electron chi connectivity index (χ0n) is 12.9. The van der Waals surface area contributed by atoms with Gasteiger partial charge < -0.3 is 10.4 Å². The Balaban J connectivity index is 1.74. The first-order valence-corrected chi connectivity index (χ1v) is 8.38. The Bertz CT molecular complexity index is 678. The van der Waals surface area contributed by atoms with Crippen molar-refractivity contribution in [3.63, 3.8) is 0 Å². The van der Waals surface area contributed by atoms with Gasteiger partial charge >= 0.3 is 0 Å². The van der Waals surface area contributed by atoms with Crippen molar-refractivity contribution in [3.8, 4) is 0 Å². The van der Waals surface area contributed by atoms with Crippen LogP contribution in [0, 0.1) is 5.41 Å². The Morgan fingerprint density at radius 2 is 2.00 bits per heavy atom. The van der Waals surface area contributed by atoms with Crippen molar-refractivity contribution >= 4 is 17.2 Å². The van der Waals surface area contributed by atoms with Crippen LogP contribution in [0.4, 0.5) is 0 Å². The fourth-order valence-corrected chi connectivity index (χ4v) is 4.33. The van der Waals surface area contributed by atoms with E-state index in [4.69, 9.17) is 0 Å². The lowest BCUT2D eigenvalue weighted by molar-refractivity contribution is -0.124. The molecule has 1 aliphatic rings. The second kappa shape index (κ2) is 5.52. The van der Waals surface area contributed by atoms with Crippen molar-refractivity contribution in [3.05, 3.63) is 57.8 Å². The average Bonchev–Trinajstić information content (AvgIpc) is 2.91. The van der Waals surface area contributed by atoms with Crippen molar-refractivity contribution in [2.75, 3.05) is 0 Å². The molecule has 1 atom stereocenters. The lowest BCUT2D eigenvalue weighted by Gasteiger charge is -2.19. The van der Waals surface area contributed by atoms with Crippen LogP contribution in [0.2, 0.25) is 0 Å². The molecule has 1 unspecified atom stereocenters. The molecule has 116 valence electrons. The van der Waals surface area contributed by atoms with E-state index >= 15 is 0 Å². The van der Waals surface area contributed by atoms with Gasteiger partial charge in [0.25, 0.3) is 0 Å². The second-order valence-corrected chi connectivity index (χ2v) is 7.55. The quantitative estimate of drug-likeness (QED) is 0.890. The van der Waals surface area contributed by atoms with Crippen LogP contribution < -0.4 is 5.32 Å². The molecule has 2 N–H and O–H groups in total. The minimum absolute atomic E-state index is 0.00881. The first-order valence-electron chi connectivity index (χ1n) is 7.50. The number of aliphatic hydroxyl groups excluding tert-OH is 1. The van der Waals surface area contributed by atoms with E-state index in [9.17, 15) is 9.90 Å². The van der Waals surface area contributed by atoms with E-state index in [-0.39, 0.29) is 23.3 Å². The molecule has 4 heteroatoms. The van der Waals surface area contributed by atoms with E-state index in [0.717, 1.165) is 22.4 Å². The second-order valence-electron chi connectivity index (χ2n) is 6.60. The Hall–Kier alpha value is -1.65. The minimum Gasteiger partial charge on any atom is -0.392 e. The largest absolute Gasteiger partial charge is 0.392 e. The van der Waals surface area contributed by atoms with Gasteiger partial charge in [-0.2, -0.15) is 0 Å². The van der Waals surface area contributed by atoms with Crippen LogP contribution in [0.5, 0.6) is 0 Å². The summed E-state index contributed by atoms with van der Waals surface area (Å²) in [7, 11) is 0. The van der Waals surface area contributed by atoms with E-state index in [1.807, 2.05) is 35.7 Å². The molecule has 1 saturated carbocycles. The molecule has 1 aromatic heterocycles. The van der Waals surface area contributed by atoms with Crippen molar-refractivity contribution in [2.45, 2.75) is 38.8 Å². The van der Waals surface area contributed by atoms with Crippen LogP contribution in [0.25, 0.3) is 0 Å². The van der Waals surface area contributed by atoms with Gasteiger partial charge in [0.2, 0.25) is 5.91 Å². The smallest absolute Gasteiger partial charge is 0.232 e. The van der Waals surface area contributed by atoms with Gasteiger partial charge in [-0.15, -0.1) is 11.3 Å². The minimum atomic E-state index is -0.379.